The molecule has 13 heteroatoms. The quantitative estimate of drug-likeness (QED) is 0.0793. The summed E-state index contributed by atoms with van der Waals surface area (Å²) in [5, 5.41) is 64.9. The minimum absolute atomic E-state index is 0.111. The highest BCUT2D eigenvalue weighted by atomic mass is 16.7. The van der Waals surface area contributed by atoms with E-state index in [9.17, 15) is 35.4 Å². The van der Waals surface area contributed by atoms with Crippen molar-refractivity contribution in [2.24, 2.45) is 0 Å². The number of benzene rings is 1. The molecule has 1 fully saturated rings. The van der Waals surface area contributed by atoms with Gasteiger partial charge in [0.25, 0.3) is 5.91 Å². The van der Waals surface area contributed by atoms with Gasteiger partial charge in [-0.2, -0.15) is 0 Å². The van der Waals surface area contributed by atoms with Crippen molar-refractivity contribution in [3.05, 3.63) is 17.7 Å². The summed E-state index contributed by atoms with van der Waals surface area (Å²) < 4.78 is 27.1. The number of aliphatic hydroxyl groups excluding tert-OH is 6. The minimum atomic E-state index is -1.68. The molecular formula is C34H59NO12. The van der Waals surface area contributed by atoms with Gasteiger partial charge in [-0.1, -0.05) is 84.0 Å². The van der Waals surface area contributed by atoms with E-state index < -0.39 is 68.1 Å². The molecule has 1 heterocycles. The molecule has 272 valence electrons. The first-order chi connectivity index (χ1) is 22.6. The van der Waals surface area contributed by atoms with Crippen LogP contribution in [0, 0.1) is 0 Å². The Morgan fingerprint density at radius 3 is 1.83 bits per heavy atom. The molecule has 1 amide bonds. The van der Waals surface area contributed by atoms with Crippen molar-refractivity contribution in [2.45, 2.75) is 139 Å². The van der Waals surface area contributed by atoms with Gasteiger partial charge in [0.2, 0.25) is 5.75 Å². The molecule has 0 saturated carbocycles. The van der Waals surface area contributed by atoms with Crippen molar-refractivity contribution in [3.63, 3.8) is 0 Å². The Labute approximate surface area is 279 Å². The van der Waals surface area contributed by atoms with Crippen LogP contribution in [0.1, 0.15) is 101 Å². The third-order valence-electron chi connectivity index (χ3n) is 8.69. The summed E-state index contributed by atoms with van der Waals surface area (Å²) >= 11 is 0. The zero-order valence-corrected chi connectivity index (χ0v) is 28.5. The summed E-state index contributed by atoms with van der Waals surface area (Å²) in [6, 6.07) is 1.67. The largest absolute Gasteiger partial charge is 0.493 e. The molecule has 0 aliphatic carbocycles. The molecule has 0 bridgehead atoms. The number of hydrogen-bond donors (Lipinski definition) is 7. The number of unbranched alkanes of at least 4 members (excludes halogenated alkanes) is 11. The standard InChI is InChI=1S/C34H59NO12/c1-5-6-7-8-9-10-11-12-13-14-15-16-17-24(37)28(38)23(21-46-34-31(41)30(40)29(39)27(20-36)47-34)35-33(42)22-18-25(43-2)32(45-4)26(19-22)44-3/h18-19,23-24,27-31,34,36-41H,5-17,20-21H2,1-4H3,(H,35,42)/t23?,24?,27?,28?,29?,30?,31?,34-/m1/s1. The number of ether oxygens (including phenoxy) is 5. The van der Waals surface area contributed by atoms with Crippen LogP contribution in [0.2, 0.25) is 0 Å². The van der Waals surface area contributed by atoms with Crippen LogP contribution in [0.4, 0.5) is 0 Å². The number of aliphatic hydroxyl groups is 6. The summed E-state index contributed by atoms with van der Waals surface area (Å²) in [5.74, 6) is 0.104. The molecule has 0 radical (unpaired) electrons. The predicted molar refractivity (Wildman–Crippen MR) is 175 cm³/mol. The molecular weight excluding hydrogens is 614 g/mol. The van der Waals surface area contributed by atoms with Crippen LogP contribution in [0.25, 0.3) is 0 Å². The maximum Gasteiger partial charge on any atom is 0.251 e. The van der Waals surface area contributed by atoms with E-state index >= 15 is 0 Å². The summed E-state index contributed by atoms with van der Waals surface area (Å²) in [6.07, 6.45) is 3.88. The number of rotatable bonds is 24. The fourth-order valence-electron chi connectivity index (χ4n) is 5.73. The average Bonchev–Trinajstić information content (AvgIpc) is 3.08. The molecule has 0 aromatic heterocycles. The Kier molecular flexibility index (Phi) is 19.5. The minimum Gasteiger partial charge on any atom is -0.493 e. The lowest BCUT2D eigenvalue weighted by Gasteiger charge is -2.40. The molecule has 47 heavy (non-hydrogen) atoms. The van der Waals surface area contributed by atoms with Crippen molar-refractivity contribution in [1.29, 1.82) is 0 Å². The molecule has 1 aliphatic heterocycles. The molecule has 13 nitrogen and oxygen atoms in total. The topological polar surface area (TPSA) is 197 Å². The maximum absolute atomic E-state index is 13.4. The third kappa shape index (κ3) is 13.0. The Morgan fingerprint density at radius 1 is 0.809 bits per heavy atom. The Hall–Kier alpha value is -2.23. The molecule has 8 atom stereocenters. The highest BCUT2D eigenvalue weighted by molar-refractivity contribution is 5.95. The second kappa shape index (κ2) is 22.4. The third-order valence-corrected chi connectivity index (χ3v) is 8.69. The van der Waals surface area contributed by atoms with Gasteiger partial charge in [0.1, 0.15) is 30.5 Å². The van der Waals surface area contributed by atoms with Gasteiger partial charge in [-0.15, -0.1) is 0 Å². The van der Waals surface area contributed by atoms with Gasteiger partial charge in [0, 0.05) is 5.56 Å². The summed E-state index contributed by atoms with van der Waals surface area (Å²) in [6.45, 7) is 1.13. The summed E-state index contributed by atoms with van der Waals surface area (Å²) in [7, 11) is 4.25. The van der Waals surface area contributed by atoms with Gasteiger partial charge in [-0.25, -0.2) is 0 Å². The first-order valence-electron chi connectivity index (χ1n) is 17.0. The number of carbonyl (C=O) groups is 1. The number of amides is 1. The van der Waals surface area contributed by atoms with Crippen LogP contribution in [0.15, 0.2) is 12.1 Å². The van der Waals surface area contributed by atoms with E-state index in [2.05, 4.69) is 12.2 Å². The first kappa shape index (κ1) is 40.9. The van der Waals surface area contributed by atoms with Crippen LogP contribution in [0.5, 0.6) is 17.2 Å². The SMILES string of the molecule is CCCCCCCCCCCCCCC(O)C(O)C(CO[C@@H]1OC(CO)C(O)C(O)C1O)NC(=O)c1cc(OC)c(OC)c(OC)c1. The van der Waals surface area contributed by atoms with Crippen molar-refractivity contribution < 1.29 is 59.1 Å². The van der Waals surface area contributed by atoms with Crippen molar-refractivity contribution in [2.75, 3.05) is 34.5 Å². The molecule has 7 N–H and O–H groups in total. The molecule has 2 rings (SSSR count). The van der Waals surface area contributed by atoms with E-state index in [1.165, 1.54) is 84.8 Å². The van der Waals surface area contributed by atoms with Crippen LogP contribution in [0.3, 0.4) is 0 Å². The van der Waals surface area contributed by atoms with E-state index in [-0.39, 0.29) is 29.2 Å². The Morgan fingerprint density at radius 2 is 1.34 bits per heavy atom. The lowest BCUT2D eigenvalue weighted by molar-refractivity contribution is -0.303. The van der Waals surface area contributed by atoms with Gasteiger partial charge in [0.05, 0.1) is 46.7 Å². The van der Waals surface area contributed by atoms with Gasteiger partial charge >= 0.3 is 0 Å². The van der Waals surface area contributed by atoms with Crippen LogP contribution < -0.4 is 19.5 Å². The number of nitrogens with one attached hydrogen (secondary N) is 1. The first-order valence-corrected chi connectivity index (χ1v) is 17.0. The lowest BCUT2D eigenvalue weighted by Crippen LogP contribution is -2.60. The summed E-state index contributed by atoms with van der Waals surface area (Å²) in [4.78, 5) is 13.4. The second-order valence-electron chi connectivity index (χ2n) is 12.3. The zero-order chi connectivity index (χ0) is 34.8. The van der Waals surface area contributed by atoms with E-state index in [1.54, 1.807) is 0 Å². The van der Waals surface area contributed by atoms with Crippen molar-refractivity contribution in [1.82, 2.24) is 5.32 Å². The second-order valence-corrected chi connectivity index (χ2v) is 12.3. The number of methoxy groups -OCH3 is 3. The van der Waals surface area contributed by atoms with Gasteiger partial charge < -0.3 is 59.6 Å². The van der Waals surface area contributed by atoms with E-state index in [4.69, 9.17) is 23.7 Å². The monoisotopic (exact) mass is 673 g/mol. The molecule has 1 saturated heterocycles. The van der Waals surface area contributed by atoms with Gasteiger partial charge in [-0.3, -0.25) is 4.79 Å². The predicted octanol–water partition coefficient (Wildman–Crippen LogP) is 2.44. The normalized spacial score (nSPS) is 23.1. The zero-order valence-electron chi connectivity index (χ0n) is 28.5. The van der Waals surface area contributed by atoms with E-state index in [0.717, 1.165) is 19.3 Å². The van der Waals surface area contributed by atoms with Crippen LogP contribution in [-0.4, -0.2) is 120 Å². The maximum atomic E-state index is 13.4. The average molecular weight is 674 g/mol. The van der Waals surface area contributed by atoms with Crippen LogP contribution >= 0.6 is 0 Å². The van der Waals surface area contributed by atoms with Gasteiger partial charge in [0.15, 0.2) is 17.8 Å². The number of carbonyl (C=O) groups excluding carboxylic acids is 1. The van der Waals surface area contributed by atoms with Crippen molar-refractivity contribution >= 4 is 5.91 Å². The molecule has 1 aliphatic rings. The highest BCUT2D eigenvalue weighted by Crippen LogP contribution is 2.38. The van der Waals surface area contributed by atoms with Gasteiger partial charge in [-0.05, 0) is 18.6 Å². The summed E-state index contributed by atoms with van der Waals surface area (Å²) in [5.41, 5.74) is 0.111. The molecule has 1 aromatic carbocycles. The fourth-order valence-corrected chi connectivity index (χ4v) is 5.73. The highest BCUT2D eigenvalue weighted by Gasteiger charge is 2.44. The lowest BCUT2D eigenvalue weighted by atomic mass is 9.98. The Bertz CT molecular complexity index is 986. The van der Waals surface area contributed by atoms with Crippen LogP contribution in [-0.2, 0) is 9.47 Å². The van der Waals surface area contributed by atoms with Crippen molar-refractivity contribution in [3.8, 4) is 17.2 Å². The number of hydrogen-bond acceptors (Lipinski definition) is 12. The molecule has 0 spiro atoms. The molecule has 1 aromatic rings. The molecule has 7 unspecified atom stereocenters. The van der Waals surface area contributed by atoms with E-state index in [0.29, 0.717) is 6.42 Å². The smallest absolute Gasteiger partial charge is 0.251 e. The van der Waals surface area contributed by atoms with E-state index in [1.807, 2.05) is 0 Å². The fraction of sp³-hybridized carbons (Fsp3) is 0.794. The Balaban J connectivity index is 2.02.